The SMILES string of the molecule is CC(C(=O)O)N1CCN(S(=O)(=O)c2c(F)cccc2F)CC1. The molecule has 0 spiro atoms. The van der Waals surface area contributed by atoms with Gasteiger partial charge in [0.1, 0.15) is 17.7 Å². The molecule has 0 amide bonds. The number of hydrogen-bond acceptors (Lipinski definition) is 4. The molecule has 2 rings (SSSR count). The van der Waals surface area contributed by atoms with Crippen LogP contribution in [0.1, 0.15) is 6.92 Å². The van der Waals surface area contributed by atoms with Gasteiger partial charge in [-0.2, -0.15) is 4.31 Å². The number of carboxylic acids is 1. The van der Waals surface area contributed by atoms with E-state index in [2.05, 4.69) is 0 Å². The number of sulfonamides is 1. The molecule has 0 bridgehead atoms. The lowest BCUT2D eigenvalue weighted by atomic mass is 10.2. The van der Waals surface area contributed by atoms with Crippen LogP contribution in [0.25, 0.3) is 0 Å². The lowest BCUT2D eigenvalue weighted by Crippen LogP contribution is -2.53. The molecule has 9 heteroatoms. The van der Waals surface area contributed by atoms with Crippen LogP contribution in [0, 0.1) is 11.6 Å². The van der Waals surface area contributed by atoms with Crippen molar-refractivity contribution in [2.45, 2.75) is 17.9 Å². The minimum absolute atomic E-state index is 0.0201. The number of aliphatic carboxylic acids is 1. The monoisotopic (exact) mass is 334 g/mol. The molecule has 1 saturated heterocycles. The van der Waals surface area contributed by atoms with Crippen LogP contribution in [0.5, 0.6) is 0 Å². The van der Waals surface area contributed by atoms with Gasteiger partial charge in [0.2, 0.25) is 10.0 Å². The molecular formula is C13H16F2N2O4S. The molecule has 1 fully saturated rings. The minimum atomic E-state index is -4.28. The van der Waals surface area contributed by atoms with E-state index in [4.69, 9.17) is 5.11 Å². The number of carboxylic acid groups (broad SMARTS) is 1. The Balaban J connectivity index is 2.19. The Labute approximate surface area is 127 Å². The van der Waals surface area contributed by atoms with Crippen molar-refractivity contribution in [1.29, 1.82) is 0 Å². The third-order valence-corrected chi connectivity index (χ3v) is 5.65. The molecule has 0 radical (unpaired) electrons. The molecular weight excluding hydrogens is 318 g/mol. The maximum absolute atomic E-state index is 13.7. The second-order valence-corrected chi connectivity index (χ2v) is 6.88. The number of benzene rings is 1. The molecule has 1 atom stereocenters. The molecule has 0 saturated carbocycles. The van der Waals surface area contributed by atoms with Gasteiger partial charge in [-0.3, -0.25) is 9.69 Å². The number of hydrogen-bond donors (Lipinski definition) is 1. The lowest BCUT2D eigenvalue weighted by molar-refractivity contribution is -0.143. The van der Waals surface area contributed by atoms with Gasteiger partial charge in [-0.05, 0) is 19.1 Å². The molecule has 6 nitrogen and oxygen atoms in total. The fraction of sp³-hybridized carbons (Fsp3) is 0.462. The standard InChI is InChI=1S/C13H16F2N2O4S/c1-9(13(18)19)16-5-7-17(8-6-16)22(20,21)12-10(14)3-2-4-11(12)15/h2-4,9H,5-8H2,1H3,(H,18,19). The van der Waals surface area contributed by atoms with Crippen LogP contribution in [0.2, 0.25) is 0 Å². The van der Waals surface area contributed by atoms with Gasteiger partial charge in [-0.25, -0.2) is 17.2 Å². The van der Waals surface area contributed by atoms with Crippen molar-refractivity contribution in [2.24, 2.45) is 0 Å². The third kappa shape index (κ3) is 3.11. The number of carbonyl (C=O) groups is 1. The van der Waals surface area contributed by atoms with Gasteiger partial charge in [-0.15, -0.1) is 0 Å². The highest BCUT2D eigenvalue weighted by atomic mass is 32.2. The predicted octanol–water partition coefficient (Wildman–Crippen LogP) is 0.744. The normalized spacial score (nSPS) is 19.0. The molecule has 1 aliphatic heterocycles. The maximum Gasteiger partial charge on any atom is 0.320 e. The highest BCUT2D eigenvalue weighted by Crippen LogP contribution is 2.23. The summed E-state index contributed by atoms with van der Waals surface area (Å²) in [6.45, 7) is 1.83. The third-order valence-electron chi connectivity index (χ3n) is 3.70. The largest absolute Gasteiger partial charge is 0.480 e. The molecule has 1 unspecified atom stereocenters. The zero-order valence-corrected chi connectivity index (χ0v) is 12.7. The highest BCUT2D eigenvalue weighted by Gasteiger charge is 2.34. The van der Waals surface area contributed by atoms with Gasteiger partial charge < -0.3 is 5.11 Å². The van der Waals surface area contributed by atoms with E-state index in [1.165, 1.54) is 6.92 Å². The number of piperazine rings is 1. The van der Waals surface area contributed by atoms with E-state index in [0.717, 1.165) is 22.5 Å². The van der Waals surface area contributed by atoms with E-state index in [9.17, 15) is 22.0 Å². The summed E-state index contributed by atoms with van der Waals surface area (Å²) in [4.78, 5) is 11.6. The van der Waals surface area contributed by atoms with Crippen LogP contribution in [0.15, 0.2) is 23.1 Å². The topological polar surface area (TPSA) is 77.9 Å². The zero-order chi connectivity index (χ0) is 16.5. The average molecular weight is 334 g/mol. The Morgan fingerprint density at radius 3 is 2.14 bits per heavy atom. The Morgan fingerprint density at radius 2 is 1.68 bits per heavy atom. The van der Waals surface area contributed by atoms with E-state index in [-0.39, 0.29) is 26.2 Å². The molecule has 1 aliphatic rings. The summed E-state index contributed by atoms with van der Waals surface area (Å²) in [6.07, 6.45) is 0. The summed E-state index contributed by atoms with van der Waals surface area (Å²) in [5.74, 6) is -3.28. The van der Waals surface area contributed by atoms with Crippen molar-refractivity contribution in [3.8, 4) is 0 Å². The summed E-state index contributed by atoms with van der Waals surface area (Å²) < 4.78 is 53.0. The maximum atomic E-state index is 13.7. The van der Waals surface area contributed by atoms with Crippen LogP contribution in [-0.4, -0.2) is 60.9 Å². The van der Waals surface area contributed by atoms with E-state index in [1.807, 2.05) is 0 Å². The number of nitrogens with zero attached hydrogens (tertiary/aromatic N) is 2. The van der Waals surface area contributed by atoms with Crippen molar-refractivity contribution in [3.63, 3.8) is 0 Å². The van der Waals surface area contributed by atoms with E-state index in [1.54, 1.807) is 4.90 Å². The Morgan fingerprint density at radius 1 is 1.18 bits per heavy atom. The summed E-state index contributed by atoms with van der Waals surface area (Å²) >= 11 is 0. The van der Waals surface area contributed by atoms with E-state index < -0.39 is 38.6 Å². The van der Waals surface area contributed by atoms with Gasteiger partial charge >= 0.3 is 5.97 Å². The van der Waals surface area contributed by atoms with Crippen LogP contribution >= 0.6 is 0 Å². The molecule has 1 aromatic rings. The highest BCUT2D eigenvalue weighted by molar-refractivity contribution is 7.89. The predicted molar refractivity (Wildman–Crippen MR) is 73.8 cm³/mol. The number of rotatable bonds is 4. The molecule has 1 heterocycles. The van der Waals surface area contributed by atoms with Crippen LogP contribution in [-0.2, 0) is 14.8 Å². The van der Waals surface area contributed by atoms with Crippen molar-refractivity contribution in [3.05, 3.63) is 29.8 Å². The first kappa shape index (κ1) is 16.8. The zero-order valence-electron chi connectivity index (χ0n) is 11.9. The van der Waals surface area contributed by atoms with Gasteiger partial charge in [-0.1, -0.05) is 6.07 Å². The molecule has 0 aliphatic carbocycles. The fourth-order valence-corrected chi connectivity index (χ4v) is 3.88. The summed E-state index contributed by atoms with van der Waals surface area (Å²) in [5, 5.41) is 8.94. The van der Waals surface area contributed by atoms with E-state index in [0.29, 0.717) is 0 Å². The van der Waals surface area contributed by atoms with Crippen LogP contribution in [0.4, 0.5) is 8.78 Å². The molecule has 0 aromatic heterocycles. The van der Waals surface area contributed by atoms with Crippen molar-refractivity contribution < 1.29 is 27.1 Å². The molecule has 1 N–H and O–H groups in total. The summed E-state index contributed by atoms with van der Waals surface area (Å²) in [5.41, 5.74) is 0. The second kappa shape index (κ2) is 6.27. The first-order valence-corrected chi connectivity index (χ1v) is 8.10. The van der Waals surface area contributed by atoms with Crippen molar-refractivity contribution in [2.75, 3.05) is 26.2 Å². The Kier molecular flexibility index (Phi) is 4.78. The molecule has 1 aromatic carbocycles. The summed E-state index contributed by atoms with van der Waals surface area (Å²) in [6, 6.07) is 2.13. The van der Waals surface area contributed by atoms with Gasteiger partial charge in [0, 0.05) is 26.2 Å². The quantitative estimate of drug-likeness (QED) is 0.879. The van der Waals surface area contributed by atoms with Gasteiger partial charge in [0.05, 0.1) is 0 Å². The van der Waals surface area contributed by atoms with Crippen molar-refractivity contribution in [1.82, 2.24) is 9.21 Å². The van der Waals surface area contributed by atoms with Crippen LogP contribution < -0.4 is 0 Å². The lowest BCUT2D eigenvalue weighted by Gasteiger charge is -2.35. The van der Waals surface area contributed by atoms with Gasteiger partial charge in [0.25, 0.3) is 0 Å². The minimum Gasteiger partial charge on any atom is -0.480 e. The van der Waals surface area contributed by atoms with Crippen molar-refractivity contribution >= 4 is 16.0 Å². The van der Waals surface area contributed by atoms with E-state index >= 15 is 0 Å². The molecule has 122 valence electrons. The summed E-state index contributed by atoms with van der Waals surface area (Å²) in [7, 11) is -4.28. The smallest absolute Gasteiger partial charge is 0.320 e. The number of halogens is 2. The van der Waals surface area contributed by atoms with Crippen LogP contribution in [0.3, 0.4) is 0 Å². The second-order valence-electron chi connectivity index (χ2n) is 5.01. The average Bonchev–Trinajstić information content (AvgIpc) is 2.46. The Bertz CT molecular complexity index is 652. The first-order chi connectivity index (χ1) is 10.2. The Hall–Kier alpha value is -1.58. The fourth-order valence-electron chi connectivity index (χ4n) is 2.35. The first-order valence-electron chi connectivity index (χ1n) is 6.66. The molecule has 22 heavy (non-hydrogen) atoms. The van der Waals surface area contributed by atoms with Gasteiger partial charge in [0.15, 0.2) is 4.90 Å².